The number of rotatable bonds is 5. The Hall–Kier alpha value is -1.89. The molecule has 1 unspecified atom stereocenters. The Labute approximate surface area is 125 Å². The van der Waals surface area contributed by atoms with Gasteiger partial charge in [-0.25, -0.2) is 9.97 Å². The average molecular weight is 293 g/mol. The molecule has 1 aromatic heterocycles. The third-order valence-corrected chi connectivity index (χ3v) is 3.46. The zero-order valence-electron chi connectivity index (χ0n) is 12.8. The number of carbonyl (C=O) groups excluding carboxylic acids is 1. The predicted molar refractivity (Wildman–Crippen MR) is 81.6 cm³/mol. The van der Waals surface area contributed by atoms with Gasteiger partial charge >= 0.3 is 0 Å². The molecule has 2 rings (SSSR count). The molecule has 1 fully saturated rings. The van der Waals surface area contributed by atoms with E-state index < -0.39 is 0 Å². The van der Waals surface area contributed by atoms with E-state index in [1.807, 2.05) is 25.7 Å². The number of nitrogens with one attached hydrogen (secondary N) is 2. The maximum atomic E-state index is 12.2. The van der Waals surface area contributed by atoms with Crippen LogP contribution >= 0.6 is 0 Å². The van der Waals surface area contributed by atoms with Gasteiger partial charge in [-0.3, -0.25) is 4.79 Å². The SMILES string of the molecule is CCNC(=O)C1COCCN1c1ncnc(NCC)c1C. The van der Waals surface area contributed by atoms with Crippen LogP contribution in [0, 0.1) is 6.92 Å². The minimum absolute atomic E-state index is 0.0276. The Morgan fingerprint density at radius 1 is 1.43 bits per heavy atom. The number of likely N-dealkylation sites (N-methyl/N-ethyl adjacent to an activating group) is 1. The van der Waals surface area contributed by atoms with Gasteiger partial charge in [0.25, 0.3) is 0 Å². The predicted octanol–water partition coefficient (Wildman–Crippen LogP) is 0.558. The largest absolute Gasteiger partial charge is 0.377 e. The van der Waals surface area contributed by atoms with Crippen molar-refractivity contribution in [2.24, 2.45) is 0 Å². The van der Waals surface area contributed by atoms with Gasteiger partial charge in [-0.05, 0) is 20.8 Å². The summed E-state index contributed by atoms with van der Waals surface area (Å²) in [6.07, 6.45) is 1.53. The van der Waals surface area contributed by atoms with Gasteiger partial charge in [-0.2, -0.15) is 0 Å². The van der Waals surface area contributed by atoms with Crippen LogP contribution in [0.4, 0.5) is 11.6 Å². The highest BCUT2D eigenvalue weighted by molar-refractivity contribution is 5.85. The standard InChI is InChI=1S/C14H23N5O2/c1-4-15-12-10(3)13(18-9-17-12)19-6-7-21-8-11(19)14(20)16-5-2/h9,11H,4-8H2,1-3H3,(H,16,20)(H,15,17,18). The van der Waals surface area contributed by atoms with E-state index in [0.717, 1.165) is 23.7 Å². The lowest BCUT2D eigenvalue weighted by Crippen LogP contribution is -2.54. The van der Waals surface area contributed by atoms with E-state index in [9.17, 15) is 4.79 Å². The van der Waals surface area contributed by atoms with Crippen LogP contribution in [0.2, 0.25) is 0 Å². The van der Waals surface area contributed by atoms with Gasteiger partial charge in [0, 0.05) is 25.2 Å². The number of hydrogen-bond donors (Lipinski definition) is 2. The van der Waals surface area contributed by atoms with Crippen molar-refractivity contribution in [2.75, 3.05) is 43.1 Å². The first kappa shape index (κ1) is 15.5. The number of ether oxygens (including phenoxy) is 1. The van der Waals surface area contributed by atoms with Crippen LogP contribution < -0.4 is 15.5 Å². The summed E-state index contributed by atoms with van der Waals surface area (Å²) in [5.41, 5.74) is 0.954. The molecule has 0 aromatic carbocycles. The van der Waals surface area contributed by atoms with E-state index in [0.29, 0.717) is 26.3 Å². The lowest BCUT2D eigenvalue weighted by atomic mass is 10.1. The Morgan fingerprint density at radius 3 is 2.95 bits per heavy atom. The molecule has 0 saturated carbocycles. The number of hydrogen-bond acceptors (Lipinski definition) is 6. The second-order valence-electron chi connectivity index (χ2n) is 4.88. The molecule has 2 N–H and O–H groups in total. The molecule has 0 aliphatic carbocycles. The number of amides is 1. The van der Waals surface area contributed by atoms with E-state index in [-0.39, 0.29) is 11.9 Å². The molecule has 0 spiro atoms. The number of carbonyl (C=O) groups is 1. The molecule has 0 bridgehead atoms. The van der Waals surface area contributed by atoms with E-state index in [1.54, 1.807) is 0 Å². The Balaban J connectivity index is 2.29. The molecule has 0 radical (unpaired) electrons. The zero-order valence-corrected chi connectivity index (χ0v) is 12.8. The van der Waals surface area contributed by atoms with Crippen molar-refractivity contribution in [3.05, 3.63) is 11.9 Å². The average Bonchev–Trinajstić information content (AvgIpc) is 2.50. The molecule has 116 valence electrons. The third kappa shape index (κ3) is 3.41. The van der Waals surface area contributed by atoms with Gasteiger partial charge in [-0.1, -0.05) is 0 Å². The molecule has 7 heteroatoms. The first-order valence-electron chi connectivity index (χ1n) is 7.36. The first-order chi connectivity index (χ1) is 10.2. The minimum Gasteiger partial charge on any atom is -0.377 e. The summed E-state index contributed by atoms with van der Waals surface area (Å²) in [5, 5.41) is 6.07. The lowest BCUT2D eigenvalue weighted by molar-refractivity contribution is -0.124. The second kappa shape index (κ2) is 7.21. The van der Waals surface area contributed by atoms with Gasteiger partial charge < -0.3 is 20.3 Å². The molecule has 7 nitrogen and oxygen atoms in total. The highest BCUT2D eigenvalue weighted by Gasteiger charge is 2.31. The number of morpholine rings is 1. The van der Waals surface area contributed by atoms with Crippen molar-refractivity contribution in [3.8, 4) is 0 Å². The van der Waals surface area contributed by atoms with E-state index >= 15 is 0 Å². The van der Waals surface area contributed by atoms with Crippen LogP contribution in [0.25, 0.3) is 0 Å². The molecular weight excluding hydrogens is 270 g/mol. The van der Waals surface area contributed by atoms with Crippen LogP contribution in [0.3, 0.4) is 0 Å². The fourth-order valence-corrected chi connectivity index (χ4v) is 2.44. The van der Waals surface area contributed by atoms with Crippen LogP contribution in [0.5, 0.6) is 0 Å². The van der Waals surface area contributed by atoms with Gasteiger partial charge in [-0.15, -0.1) is 0 Å². The maximum Gasteiger partial charge on any atom is 0.245 e. The van der Waals surface area contributed by atoms with E-state index in [1.165, 1.54) is 6.33 Å². The van der Waals surface area contributed by atoms with Crippen molar-refractivity contribution in [1.82, 2.24) is 15.3 Å². The fourth-order valence-electron chi connectivity index (χ4n) is 2.44. The van der Waals surface area contributed by atoms with E-state index in [2.05, 4.69) is 20.6 Å². The van der Waals surface area contributed by atoms with Crippen LogP contribution in [-0.4, -0.2) is 54.8 Å². The third-order valence-electron chi connectivity index (χ3n) is 3.46. The van der Waals surface area contributed by atoms with Gasteiger partial charge in [0.15, 0.2) is 0 Å². The van der Waals surface area contributed by atoms with Gasteiger partial charge in [0.1, 0.15) is 24.0 Å². The summed E-state index contributed by atoms with van der Waals surface area (Å²) in [4.78, 5) is 22.8. The lowest BCUT2D eigenvalue weighted by Gasteiger charge is -2.36. The first-order valence-corrected chi connectivity index (χ1v) is 7.36. The topological polar surface area (TPSA) is 79.4 Å². The molecule has 1 atom stereocenters. The fraction of sp³-hybridized carbons (Fsp3) is 0.643. The smallest absolute Gasteiger partial charge is 0.245 e. The van der Waals surface area contributed by atoms with E-state index in [4.69, 9.17) is 4.74 Å². The molecule has 1 aliphatic heterocycles. The van der Waals surface area contributed by atoms with Crippen molar-refractivity contribution >= 4 is 17.5 Å². The summed E-state index contributed by atoms with van der Waals surface area (Å²) in [6, 6.07) is -0.346. The molecular formula is C14H23N5O2. The Bertz CT molecular complexity index is 494. The molecule has 2 heterocycles. The number of anilines is 2. The van der Waals surface area contributed by atoms with Crippen LogP contribution in [0.1, 0.15) is 19.4 Å². The molecule has 1 aliphatic rings. The molecule has 1 aromatic rings. The monoisotopic (exact) mass is 293 g/mol. The Morgan fingerprint density at radius 2 is 2.24 bits per heavy atom. The maximum absolute atomic E-state index is 12.2. The van der Waals surface area contributed by atoms with Gasteiger partial charge in [0.05, 0.1) is 13.2 Å². The summed E-state index contributed by atoms with van der Waals surface area (Å²) in [6.45, 7) is 8.91. The highest BCUT2D eigenvalue weighted by Crippen LogP contribution is 2.25. The van der Waals surface area contributed by atoms with Gasteiger partial charge in [0.2, 0.25) is 5.91 Å². The number of nitrogens with zero attached hydrogens (tertiary/aromatic N) is 3. The molecule has 21 heavy (non-hydrogen) atoms. The summed E-state index contributed by atoms with van der Waals surface area (Å²) in [5.74, 6) is 1.57. The molecule has 1 amide bonds. The number of aromatic nitrogens is 2. The normalized spacial score (nSPS) is 18.4. The van der Waals surface area contributed by atoms with Crippen molar-refractivity contribution < 1.29 is 9.53 Å². The second-order valence-corrected chi connectivity index (χ2v) is 4.88. The summed E-state index contributed by atoms with van der Waals surface area (Å²) >= 11 is 0. The van der Waals surface area contributed by atoms with Crippen LogP contribution in [-0.2, 0) is 9.53 Å². The zero-order chi connectivity index (χ0) is 15.2. The van der Waals surface area contributed by atoms with Crippen molar-refractivity contribution in [2.45, 2.75) is 26.8 Å². The minimum atomic E-state index is -0.346. The summed E-state index contributed by atoms with van der Waals surface area (Å²) in [7, 11) is 0. The van der Waals surface area contributed by atoms with Crippen LogP contribution in [0.15, 0.2) is 6.33 Å². The highest BCUT2D eigenvalue weighted by atomic mass is 16.5. The van der Waals surface area contributed by atoms with Crippen molar-refractivity contribution in [1.29, 1.82) is 0 Å². The Kier molecular flexibility index (Phi) is 5.32. The molecule has 1 saturated heterocycles. The quantitative estimate of drug-likeness (QED) is 0.826. The summed E-state index contributed by atoms with van der Waals surface area (Å²) < 4.78 is 5.46. The van der Waals surface area contributed by atoms with Crippen molar-refractivity contribution in [3.63, 3.8) is 0 Å².